The highest BCUT2D eigenvalue weighted by Gasteiger charge is 2.43. The number of aliphatic imine (C=N–C) groups is 1. The van der Waals surface area contributed by atoms with Crippen molar-refractivity contribution < 1.29 is 40.6 Å². The molecule has 1 aromatic carbocycles. The molecular formula is C20H18F6N4O3. The van der Waals surface area contributed by atoms with Crippen LogP contribution in [0, 0.1) is 5.82 Å². The van der Waals surface area contributed by atoms with E-state index in [-0.39, 0.29) is 28.7 Å². The van der Waals surface area contributed by atoms with Crippen molar-refractivity contribution in [3.63, 3.8) is 0 Å². The number of nitrogens with one attached hydrogen (secondary N) is 1. The van der Waals surface area contributed by atoms with E-state index in [1.807, 2.05) is 0 Å². The monoisotopic (exact) mass is 476 g/mol. The maximum absolute atomic E-state index is 14.5. The fourth-order valence-corrected chi connectivity index (χ4v) is 2.91. The van der Waals surface area contributed by atoms with Gasteiger partial charge >= 0.3 is 12.3 Å². The first-order valence-electron chi connectivity index (χ1n) is 9.41. The van der Waals surface area contributed by atoms with E-state index in [1.54, 1.807) is 0 Å². The molecule has 0 aliphatic carbocycles. The van der Waals surface area contributed by atoms with Crippen LogP contribution in [0.25, 0.3) is 0 Å². The van der Waals surface area contributed by atoms with Crippen LogP contribution >= 0.6 is 0 Å². The van der Waals surface area contributed by atoms with Crippen molar-refractivity contribution in [3.8, 4) is 5.75 Å². The maximum Gasteiger partial charge on any atom is 0.340 e. The Balaban J connectivity index is 1.73. The molecule has 0 unspecified atom stereocenters. The number of nitrogens with zero attached hydrogens (tertiary/aromatic N) is 2. The molecule has 7 nitrogen and oxygen atoms in total. The zero-order valence-corrected chi connectivity index (χ0v) is 17.0. The van der Waals surface area contributed by atoms with Crippen molar-refractivity contribution in [2.75, 3.05) is 18.5 Å². The van der Waals surface area contributed by atoms with Crippen LogP contribution in [-0.4, -0.2) is 48.6 Å². The molecule has 1 amide bonds. The van der Waals surface area contributed by atoms with E-state index in [0.717, 1.165) is 24.4 Å². The summed E-state index contributed by atoms with van der Waals surface area (Å²) in [4.78, 5) is 20.0. The van der Waals surface area contributed by atoms with Gasteiger partial charge in [0.05, 0.1) is 6.20 Å². The Bertz CT molecular complexity index is 1050. The SMILES string of the molecule is C[C@]1(c2cc(NC(=O)c3ccc(OCC(F)(F)C(F)F)cn3)ccc2F)N=C(N)OC[C@@H]1F. The third kappa shape index (κ3) is 5.29. The molecule has 0 saturated heterocycles. The first-order valence-corrected chi connectivity index (χ1v) is 9.41. The van der Waals surface area contributed by atoms with E-state index in [1.165, 1.54) is 19.1 Å². The number of pyridine rings is 1. The number of carbonyl (C=O) groups excluding carboxylic acids is 1. The number of aromatic nitrogens is 1. The number of halogens is 6. The summed E-state index contributed by atoms with van der Waals surface area (Å²) in [6.07, 6.45) is -4.70. The Hall–Kier alpha value is -3.51. The van der Waals surface area contributed by atoms with Gasteiger partial charge in [-0.25, -0.2) is 27.5 Å². The Kier molecular flexibility index (Phi) is 6.70. The summed E-state index contributed by atoms with van der Waals surface area (Å²) in [7, 11) is 0. The molecule has 2 atom stereocenters. The van der Waals surface area contributed by atoms with Crippen LogP contribution in [0.1, 0.15) is 23.0 Å². The molecule has 0 radical (unpaired) electrons. The second-order valence-corrected chi connectivity index (χ2v) is 7.25. The highest BCUT2D eigenvalue weighted by Crippen LogP contribution is 2.37. The lowest BCUT2D eigenvalue weighted by Crippen LogP contribution is -2.43. The van der Waals surface area contributed by atoms with Gasteiger partial charge in [-0.1, -0.05) is 0 Å². The molecule has 2 heterocycles. The number of alkyl halides is 5. The minimum Gasteiger partial charge on any atom is -0.485 e. The number of amides is 1. The Morgan fingerprint density at radius 2 is 2.09 bits per heavy atom. The van der Waals surface area contributed by atoms with Crippen molar-refractivity contribution in [1.82, 2.24) is 4.98 Å². The third-order valence-corrected chi connectivity index (χ3v) is 4.82. The molecule has 3 N–H and O–H groups in total. The van der Waals surface area contributed by atoms with E-state index in [2.05, 4.69) is 20.0 Å². The van der Waals surface area contributed by atoms with Crippen LogP contribution in [0.4, 0.5) is 32.0 Å². The molecule has 33 heavy (non-hydrogen) atoms. The molecule has 0 spiro atoms. The Morgan fingerprint density at radius 3 is 2.73 bits per heavy atom. The van der Waals surface area contributed by atoms with Crippen LogP contribution in [0.15, 0.2) is 41.5 Å². The highest BCUT2D eigenvalue weighted by molar-refractivity contribution is 6.02. The fourth-order valence-electron chi connectivity index (χ4n) is 2.91. The molecule has 2 aromatic rings. The van der Waals surface area contributed by atoms with Gasteiger partial charge in [0.1, 0.15) is 29.4 Å². The summed E-state index contributed by atoms with van der Waals surface area (Å²) >= 11 is 0. The standard InChI is InChI=1S/C20H18F6N4O3/c1-19(15(22)8-32-18(27)30-19)12-6-10(2-4-13(12)21)29-16(31)14-5-3-11(7-28-14)33-9-20(25,26)17(23)24/h2-7,15,17H,8-9H2,1H3,(H2,27,30)(H,29,31)/t15-,19+/m0/s1. The van der Waals surface area contributed by atoms with Gasteiger partial charge in [-0.05, 0) is 37.3 Å². The van der Waals surface area contributed by atoms with Crippen LogP contribution in [0.5, 0.6) is 5.75 Å². The number of hydrogen-bond acceptors (Lipinski definition) is 6. The molecule has 3 rings (SSSR count). The summed E-state index contributed by atoms with van der Waals surface area (Å²) in [5, 5.41) is 2.44. The average Bonchev–Trinajstić information content (AvgIpc) is 2.76. The average molecular weight is 476 g/mol. The summed E-state index contributed by atoms with van der Waals surface area (Å²) in [6, 6.07) is 5.32. The normalized spacial score (nSPS) is 20.7. The number of anilines is 1. The summed E-state index contributed by atoms with van der Waals surface area (Å²) < 4.78 is 88.5. The molecule has 1 aromatic heterocycles. The second-order valence-electron chi connectivity index (χ2n) is 7.25. The van der Waals surface area contributed by atoms with Crippen molar-refractivity contribution >= 4 is 17.6 Å². The molecule has 1 aliphatic heterocycles. The van der Waals surface area contributed by atoms with E-state index >= 15 is 0 Å². The molecule has 178 valence electrons. The lowest BCUT2D eigenvalue weighted by atomic mass is 9.86. The molecule has 0 fully saturated rings. The number of benzene rings is 1. The maximum atomic E-state index is 14.5. The summed E-state index contributed by atoms with van der Waals surface area (Å²) in [5.41, 5.74) is 3.54. The van der Waals surface area contributed by atoms with E-state index in [4.69, 9.17) is 10.5 Å². The van der Waals surface area contributed by atoms with Crippen LogP contribution in [0.2, 0.25) is 0 Å². The summed E-state index contributed by atoms with van der Waals surface area (Å²) in [6.45, 7) is -0.666. The Morgan fingerprint density at radius 1 is 1.36 bits per heavy atom. The Labute approximate surface area is 183 Å². The van der Waals surface area contributed by atoms with Crippen molar-refractivity contribution in [1.29, 1.82) is 0 Å². The zero-order valence-electron chi connectivity index (χ0n) is 17.0. The van der Waals surface area contributed by atoms with Gasteiger partial charge in [0.2, 0.25) is 0 Å². The minimum atomic E-state index is -4.34. The first kappa shape index (κ1) is 24.1. The fraction of sp³-hybridized carbons (Fsp3) is 0.350. The van der Waals surface area contributed by atoms with E-state index < -0.39 is 49.0 Å². The lowest BCUT2D eigenvalue weighted by molar-refractivity contribution is -0.148. The zero-order chi connectivity index (χ0) is 24.4. The van der Waals surface area contributed by atoms with Gasteiger partial charge in [0, 0.05) is 11.3 Å². The topological polar surface area (TPSA) is 98.8 Å². The highest BCUT2D eigenvalue weighted by atomic mass is 19.3. The lowest BCUT2D eigenvalue weighted by Gasteiger charge is -2.33. The van der Waals surface area contributed by atoms with E-state index in [9.17, 15) is 31.1 Å². The van der Waals surface area contributed by atoms with Gasteiger partial charge in [-0.2, -0.15) is 8.78 Å². The van der Waals surface area contributed by atoms with Crippen LogP contribution in [0.3, 0.4) is 0 Å². The number of carbonyl (C=O) groups is 1. The second kappa shape index (κ2) is 9.16. The first-order chi connectivity index (χ1) is 15.4. The molecule has 1 aliphatic rings. The van der Waals surface area contributed by atoms with Gasteiger partial charge in [0.25, 0.3) is 11.9 Å². The number of amidine groups is 1. The van der Waals surface area contributed by atoms with Gasteiger partial charge in [0.15, 0.2) is 12.8 Å². The van der Waals surface area contributed by atoms with Gasteiger partial charge in [-0.3, -0.25) is 4.79 Å². The number of nitrogens with two attached hydrogens (primary N) is 1. The van der Waals surface area contributed by atoms with Gasteiger partial charge < -0.3 is 20.5 Å². The quantitative estimate of drug-likeness (QED) is 0.595. The van der Waals surface area contributed by atoms with Crippen molar-refractivity contribution in [2.24, 2.45) is 10.7 Å². The smallest absolute Gasteiger partial charge is 0.340 e. The van der Waals surface area contributed by atoms with Crippen molar-refractivity contribution in [3.05, 3.63) is 53.6 Å². The van der Waals surface area contributed by atoms with Gasteiger partial charge in [-0.15, -0.1) is 0 Å². The van der Waals surface area contributed by atoms with Crippen LogP contribution < -0.4 is 15.8 Å². The van der Waals surface area contributed by atoms with Crippen molar-refractivity contribution in [2.45, 2.75) is 31.0 Å². The third-order valence-electron chi connectivity index (χ3n) is 4.82. The molecule has 13 heteroatoms. The predicted molar refractivity (Wildman–Crippen MR) is 105 cm³/mol. The largest absolute Gasteiger partial charge is 0.485 e. The number of ether oxygens (including phenoxy) is 2. The van der Waals surface area contributed by atoms with Crippen LogP contribution in [-0.2, 0) is 10.3 Å². The summed E-state index contributed by atoms with van der Waals surface area (Å²) in [5.74, 6) is -6.15. The minimum absolute atomic E-state index is 0.0868. The molecular weight excluding hydrogens is 458 g/mol. The van der Waals surface area contributed by atoms with E-state index in [0.29, 0.717) is 0 Å². The molecule has 0 saturated carbocycles. The number of hydrogen-bond donors (Lipinski definition) is 2. The predicted octanol–water partition coefficient (Wildman–Crippen LogP) is 3.65. The number of rotatable bonds is 7. The molecule has 0 bridgehead atoms.